The number of thiophene rings is 1. The van der Waals surface area contributed by atoms with Crippen LogP contribution in [0, 0.1) is 0 Å². The van der Waals surface area contributed by atoms with Crippen LogP contribution in [0.15, 0.2) is 50.5 Å². The summed E-state index contributed by atoms with van der Waals surface area (Å²) in [6.45, 7) is 0. The molecule has 6 nitrogen and oxygen atoms in total. The van der Waals surface area contributed by atoms with Gasteiger partial charge in [0.1, 0.15) is 4.21 Å². The number of anilines is 1. The molecule has 0 saturated heterocycles. The first-order valence-electron chi connectivity index (χ1n) is 7.12. The number of nitrogens with zero attached hydrogens (tertiary/aromatic N) is 2. The predicted octanol–water partition coefficient (Wildman–Crippen LogP) is 3.48. The molecule has 4 rings (SSSR count). The molecule has 1 N–H and O–H groups in total. The van der Waals surface area contributed by atoms with Gasteiger partial charge in [-0.05, 0) is 48.6 Å². The van der Waals surface area contributed by atoms with E-state index in [4.69, 9.17) is 4.52 Å². The second-order valence-electron chi connectivity index (χ2n) is 5.35. The van der Waals surface area contributed by atoms with E-state index in [0.717, 1.165) is 24.2 Å². The minimum atomic E-state index is -3.53. The molecule has 8 heteroatoms. The fourth-order valence-corrected chi connectivity index (χ4v) is 4.21. The van der Waals surface area contributed by atoms with Crippen molar-refractivity contribution in [2.45, 2.75) is 23.0 Å². The molecule has 1 aliphatic carbocycles. The zero-order chi connectivity index (χ0) is 15.9. The van der Waals surface area contributed by atoms with E-state index in [-0.39, 0.29) is 4.21 Å². The topological polar surface area (TPSA) is 85.1 Å². The molecule has 0 radical (unpaired) electrons. The first-order valence-corrected chi connectivity index (χ1v) is 9.48. The quantitative estimate of drug-likeness (QED) is 0.764. The molecule has 0 unspecified atom stereocenters. The van der Waals surface area contributed by atoms with Crippen LogP contribution in [-0.4, -0.2) is 18.6 Å². The number of aromatic nitrogens is 2. The zero-order valence-electron chi connectivity index (χ0n) is 12.0. The Balaban J connectivity index is 1.53. The van der Waals surface area contributed by atoms with Gasteiger partial charge in [0.15, 0.2) is 5.82 Å². The lowest BCUT2D eigenvalue weighted by molar-refractivity contribution is 0.422. The van der Waals surface area contributed by atoms with Crippen molar-refractivity contribution in [3.05, 3.63) is 47.6 Å². The minimum Gasteiger partial charge on any atom is -0.334 e. The van der Waals surface area contributed by atoms with Crippen molar-refractivity contribution in [3.63, 3.8) is 0 Å². The van der Waals surface area contributed by atoms with Crippen molar-refractivity contribution >= 4 is 27.0 Å². The van der Waals surface area contributed by atoms with Crippen molar-refractivity contribution < 1.29 is 12.9 Å². The molecule has 0 spiro atoms. The molecule has 1 aromatic carbocycles. The number of nitrogens with one attached hydrogen (secondary N) is 1. The van der Waals surface area contributed by atoms with E-state index in [9.17, 15) is 8.42 Å². The second-order valence-corrected chi connectivity index (χ2v) is 8.20. The Morgan fingerprint density at radius 3 is 2.61 bits per heavy atom. The van der Waals surface area contributed by atoms with Crippen molar-refractivity contribution in [1.29, 1.82) is 0 Å². The maximum absolute atomic E-state index is 12.2. The molecular formula is C15H13N3O3S2. The first-order chi connectivity index (χ1) is 11.1. The smallest absolute Gasteiger partial charge is 0.271 e. The van der Waals surface area contributed by atoms with Crippen molar-refractivity contribution in [3.8, 4) is 11.5 Å². The Labute approximate surface area is 137 Å². The summed E-state index contributed by atoms with van der Waals surface area (Å²) in [6, 6.07) is 10.2. The zero-order valence-corrected chi connectivity index (χ0v) is 13.6. The van der Waals surface area contributed by atoms with Gasteiger partial charge in [0.25, 0.3) is 15.9 Å². The Morgan fingerprint density at radius 2 is 1.96 bits per heavy atom. The van der Waals surface area contributed by atoms with Crippen LogP contribution in [-0.2, 0) is 10.0 Å². The van der Waals surface area contributed by atoms with Crippen molar-refractivity contribution in [1.82, 2.24) is 10.1 Å². The van der Waals surface area contributed by atoms with Gasteiger partial charge in [-0.3, -0.25) is 4.72 Å². The monoisotopic (exact) mass is 347 g/mol. The van der Waals surface area contributed by atoms with Gasteiger partial charge < -0.3 is 4.52 Å². The van der Waals surface area contributed by atoms with Gasteiger partial charge in [0.2, 0.25) is 0 Å². The number of benzene rings is 1. The minimum absolute atomic E-state index is 0.285. The van der Waals surface area contributed by atoms with Gasteiger partial charge in [-0.1, -0.05) is 11.2 Å². The van der Waals surface area contributed by atoms with E-state index < -0.39 is 10.0 Å². The van der Waals surface area contributed by atoms with Gasteiger partial charge in [-0.25, -0.2) is 8.42 Å². The molecule has 0 amide bonds. The number of rotatable bonds is 5. The molecule has 23 heavy (non-hydrogen) atoms. The third-order valence-electron chi connectivity index (χ3n) is 3.53. The molecule has 1 fully saturated rings. The number of hydrogen-bond acceptors (Lipinski definition) is 6. The maximum atomic E-state index is 12.2. The van der Waals surface area contributed by atoms with Crippen LogP contribution < -0.4 is 4.72 Å². The van der Waals surface area contributed by atoms with Crippen LogP contribution in [0.4, 0.5) is 5.69 Å². The Bertz CT molecular complexity index is 911. The highest BCUT2D eigenvalue weighted by molar-refractivity contribution is 7.94. The largest absolute Gasteiger partial charge is 0.334 e. The lowest BCUT2D eigenvalue weighted by Gasteiger charge is -2.06. The van der Waals surface area contributed by atoms with Crippen molar-refractivity contribution in [2.24, 2.45) is 0 Å². The standard InChI is InChI=1S/C15H13N3O3S2/c19-23(20,13-2-1-9-22-13)18-12-7-5-11(6-8-12)15-16-14(17-21-15)10-3-4-10/h1-2,5-10,18H,3-4H2. The molecule has 1 aliphatic rings. The summed E-state index contributed by atoms with van der Waals surface area (Å²) in [4.78, 5) is 4.37. The van der Waals surface area contributed by atoms with E-state index in [0.29, 0.717) is 17.5 Å². The van der Waals surface area contributed by atoms with Crippen LogP contribution in [0.2, 0.25) is 0 Å². The van der Waals surface area contributed by atoms with E-state index in [1.54, 1.807) is 41.8 Å². The molecule has 1 saturated carbocycles. The van der Waals surface area contributed by atoms with Gasteiger partial charge >= 0.3 is 0 Å². The van der Waals surface area contributed by atoms with Gasteiger partial charge in [0, 0.05) is 17.2 Å². The Hall–Kier alpha value is -2.19. The van der Waals surface area contributed by atoms with Crippen LogP contribution in [0.3, 0.4) is 0 Å². The highest BCUT2D eigenvalue weighted by atomic mass is 32.2. The van der Waals surface area contributed by atoms with E-state index in [1.165, 1.54) is 11.3 Å². The summed E-state index contributed by atoms with van der Waals surface area (Å²) < 4.78 is 32.4. The molecule has 0 atom stereocenters. The van der Waals surface area contributed by atoms with Crippen molar-refractivity contribution in [2.75, 3.05) is 4.72 Å². The van der Waals surface area contributed by atoms with Crippen LogP contribution >= 0.6 is 11.3 Å². The molecule has 0 bridgehead atoms. The molecule has 0 aliphatic heterocycles. The average molecular weight is 347 g/mol. The summed E-state index contributed by atoms with van der Waals surface area (Å²) in [5, 5.41) is 5.70. The third kappa shape index (κ3) is 2.99. The maximum Gasteiger partial charge on any atom is 0.271 e. The van der Waals surface area contributed by atoms with Crippen LogP contribution in [0.5, 0.6) is 0 Å². The molecule has 2 heterocycles. The van der Waals surface area contributed by atoms with E-state index in [1.807, 2.05) is 0 Å². The predicted molar refractivity (Wildman–Crippen MR) is 86.8 cm³/mol. The van der Waals surface area contributed by atoms with Crippen LogP contribution in [0.1, 0.15) is 24.6 Å². The molecule has 2 aromatic heterocycles. The summed E-state index contributed by atoms with van der Waals surface area (Å²) in [5.41, 5.74) is 1.26. The Kier molecular flexibility index (Phi) is 3.42. The fraction of sp³-hybridized carbons (Fsp3) is 0.200. The summed E-state index contributed by atoms with van der Waals surface area (Å²) >= 11 is 1.18. The molecule has 3 aromatic rings. The lowest BCUT2D eigenvalue weighted by Crippen LogP contribution is -2.11. The Morgan fingerprint density at radius 1 is 1.17 bits per heavy atom. The van der Waals surface area contributed by atoms with Gasteiger partial charge in [-0.2, -0.15) is 4.98 Å². The normalized spacial score (nSPS) is 14.8. The summed E-state index contributed by atoms with van der Waals surface area (Å²) in [5.74, 6) is 1.64. The van der Waals surface area contributed by atoms with E-state index in [2.05, 4.69) is 14.9 Å². The summed E-state index contributed by atoms with van der Waals surface area (Å²) in [7, 11) is -3.53. The molecule has 118 valence electrons. The number of hydrogen-bond donors (Lipinski definition) is 1. The second kappa shape index (κ2) is 5.47. The van der Waals surface area contributed by atoms with Gasteiger partial charge in [0.05, 0.1) is 0 Å². The van der Waals surface area contributed by atoms with E-state index >= 15 is 0 Å². The third-order valence-corrected chi connectivity index (χ3v) is 6.31. The SMILES string of the molecule is O=S(=O)(Nc1ccc(-c2nc(C3CC3)no2)cc1)c1cccs1. The van der Waals surface area contributed by atoms with Gasteiger partial charge in [-0.15, -0.1) is 11.3 Å². The number of sulfonamides is 1. The molecular weight excluding hydrogens is 334 g/mol. The lowest BCUT2D eigenvalue weighted by atomic mass is 10.2. The van der Waals surface area contributed by atoms with Crippen LogP contribution in [0.25, 0.3) is 11.5 Å². The first kappa shape index (κ1) is 14.4. The highest BCUT2D eigenvalue weighted by Gasteiger charge is 2.29. The highest BCUT2D eigenvalue weighted by Crippen LogP contribution is 2.38. The summed E-state index contributed by atoms with van der Waals surface area (Å²) in [6.07, 6.45) is 2.23. The fourth-order valence-electron chi connectivity index (χ4n) is 2.16. The average Bonchev–Trinajstić information content (AvgIpc) is 3.05.